The summed E-state index contributed by atoms with van der Waals surface area (Å²) < 4.78 is 0. The van der Waals surface area contributed by atoms with Crippen LogP contribution in [-0.2, 0) is 17.9 Å². The third-order valence-corrected chi connectivity index (χ3v) is 6.53. The van der Waals surface area contributed by atoms with Gasteiger partial charge in [0, 0.05) is 18.0 Å². The molecule has 1 aliphatic carbocycles. The van der Waals surface area contributed by atoms with E-state index in [9.17, 15) is 0 Å². The van der Waals surface area contributed by atoms with Crippen molar-refractivity contribution >= 4 is 17.0 Å². The van der Waals surface area contributed by atoms with Crippen molar-refractivity contribution in [2.24, 2.45) is 5.16 Å². The van der Waals surface area contributed by atoms with E-state index in [1.54, 1.807) is 17.5 Å². The molecule has 0 aliphatic heterocycles. The number of oxime groups is 1. The lowest BCUT2D eigenvalue weighted by Gasteiger charge is -2.17. The number of fused-ring (bicyclic) bond motifs is 1. The van der Waals surface area contributed by atoms with Gasteiger partial charge in [0.1, 0.15) is 17.3 Å². The van der Waals surface area contributed by atoms with E-state index in [0.29, 0.717) is 6.61 Å². The Balaban J connectivity index is 1.43. The summed E-state index contributed by atoms with van der Waals surface area (Å²) in [5.74, 6) is 0. The fourth-order valence-corrected chi connectivity index (χ4v) is 4.75. The highest BCUT2D eigenvalue weighted by atomic mass is 32.1. The fourth-order valence-electron chi connectivity index (χ4n) is 3.73. The van der Waals surface area contributed by atoms with Gasteiger partial charge in [0.2, 0.25) is 0 Å². The molecule has 5 rings (SSSR count). The highest BCUT2D eigenvalue weighted by molar-refractivity contribution is 7.18. The third kappa shape index (κ3) is 4.25. The lowest BCUT2D eigenvalue weighted by molar-refractivity contribution is 0.130. The first-order valence-electron chi connectivity index (χ1n) is 10.4. The van der Waals surface area contributed by atoms with Gasteiger partial charge in [-0.1, -0.05) is 41.6 Å². The van der Waals surface area contributed by atoms with Crippen molar-refractivity contribution in [3.05, 3.63) is 89.5 Å². The van der Waals surface area contributed by atoms with Crippen molar-refractivity contribution in [1.82, 2.24) is 15.0 Å². The summed E-state index contributed by atoms with van der Waals surface area (Å²) in [5, 5.41) is 5.42. The smallest absolute Gasteiger partial charge is 0.142 e. The lowest BCUT2D eigenvalue weighted by atomic mass is 9.94. The number of aryl methyl sites for hydroxylation is 2. The Bertz CT molecular complexity index is 1220. The summed E-state index contributed by atoms with van der Waals surface area (Å²) in [7, 11) is 0. The molecule has 154 valence electrons. The van der Waals surface area contributed by atoms with E-state index in [4.69, 9.17) is 14.8 Å². The van der Waals surface area contributed by atoms with Gasteiger partial charge in [0.15, 0.2) is 0 Å². The molecule has 0 radical (unpaired) electrons. The average molecular weight is 427 g/mol. The molecule has 0 atom stereocenters. The van der Waals surface area contributed by atoms with Crippen LogP contribution in [0.5, 0.6) is 0 Å². The number of hydrogen-bond acceptors (Lipinski definition) is 6. The van der Waals surface area contributed by atoms with Gasteiger partial charge in [-0.05, 0) is 55.5 Å². The summed E-state index contributed by atoms with van der Waals surface area (Å²) in [6, 6.07) is 18.3. The molecule has 0 amide bonds. The second kappa shape index (κ2) is 8.78. The molecule has 5 nitrogen and oxygen atoms in total. The molecule has 0 bridgehead atoms. The van der Waals surface area contributed by atoms with Crippen LogP contribution in [0.1, 0.15) is 35.4 Å². The van der Waals surface area contributed by atoms with Crippen LogP contribution in [0.15, 0.2) is 72.1 Å². The number of aromatic nitrogens is 3. The highest BCUT2D eigenvalue weighted by Gasteiger charge is 2.20. The van der Waals surface area contributed by atoms with Gasteiger partial charge < -0.3 is 4.84 Å². The zero-order valence-corrected chi connectivity index (χ0v) is 18.1. The second-order valence-corrected chi connectivity index (χ2v) is 8.53. The minimum absolute atomic E-state index is 0.460. The second-order valence-electron chi connectivity index (χ2n) is 7.53. The monoisotopic (exact) mass is 426 g/mol. The molecule has 31 heavy (non-hydrogen) atoms. The lowest BCUT2D eigenvalue weighted by Crippen LogP contribution is -2.15. The number of pyridine rings is 2. The Hall–Kier alpha value is -3.38. The molecule has 3 aromatic heterocycles. The first kappa shape index (κ1) is 19.6. The minimum Gasteiger partial charge on any atom is -0.391 e. The van der Waals surface area contributed by atoms with Crippen LogP contribution >= 0.6 is 11.3 Å². The molecular formula is C25H22N4OS. The standard InChI is InChI=1S/C25H22N4OS/c1-17-24(31-25(27-17)20-10-6-14-26-15-20)22-13-12-19-9-5-11-21(23(19)28-22)29-30-16-18-7-3-2-4-8-18/h2-4,6-8,10,12-15H,5,9,11,16H2,1H3. The van der Waals surface area contributed by atoms with Crippen LogP contribution < -0.4 is 0 Å². The van der Waals surface area contributed by atoms with Crippen molar-refractivity contribution in [2.75, 3.05) is 0 Å². The first-order valence-corrected chi connectivity index (χ1v) is 11.2. The van der Waals surface area contributed by atoms with Crippen molar-refractivity contribution in [2.45, 2.75) is 32.8 Å². The quantitative estimate of drug-likeness (QED) is 0.377. The highest BCUT2D eigenvalue weighted by Crippen LogP contribution is 2.35. The molecule has 1 aliphatic rings. The first-order chi connectivity index (χ1) is 15.3. The molecule has 0 saturated heterocycles. The van der Waals surface area contributed by atoms with Crippen molar-refractivity contribution in [3.63, 3.8) is 0 Å². The molecule has 4 aromatic rings. The predicted molar refractivity (Wildman–Crippen MR) is 124 cm³/mol. The summed E-state index contributed by atoms with van der Waals surface area (Å²) in [5.41, 5.74) is 7.14. The van der Waals surface area contributed by atoms with Crippen LogP contribution in [-0.4, -0.2) is 20.7 Å². The summed E-state index contributed by atoms with van der Waals surface area (Å²) >= 11 is 1.65. The fraction of sp³-hybridized carbons (Fsp3) is 0.200. The SMILES string of the molecule is Cc1nc(-c2cccnc2)sc1-c1ccc2c(n1)C(=NOCc1ccccc1)CCC2. The van der Waals surface area contributed by atoms with Crippen LogP contribution in [0.3, 0.4) is 0 Å². The number of rotatable bonds is 5. The molecule has 3 heterocycles. The van der Waals surface area contributed by atoms with Gasteiger partial charge in [-0.2, -0.15) is 0 Å². The van der Waals surface area contributed by atoms with E-state index >= 15 is 0 Å². The number of hydrogen-bond donors (Lipinski definition) is 0. The largest absolute Gasteiger partial charge is 0.391 e. The zero-order chi connectivity index (χ0) is 21.0. The van der Waals surface area contributed by atoms with E-state index in [2.05, 4.69) is 22.3 Å². The maximum atomic E-state index is 5.68. The molecule has 0 unspecified atom stereocenters. The Morgan fingerprint density at radius 2 is 1.90 bits per heavy atom. The van der Waals surface area contributed by atoms with Gasteiger partial charge in [-0.25, -0.2) is 9.97 Å². The van der Waals surface area contributed by atoms with Crippen molar-refractivity contribution in [1.29, 1.82) is 0 Å². The van der Waals surface area contributed by atoms with Crippen LogP contribution in [0.25, 0.3) is 21.1 Å². The van der Waals surface area contributed by atoms with Crippen LogP contribution in [0, 0.1) is 6.92 Å². The number of thiazole rings is 1. The van der Waals surface area contributed by atoms with Gasteiger partial charge in [-0.3, -0.25) is 4.98 Å². The summed E-state index contributed by atoms with van der Waals surface area (Å²) in [6.45, 7) is 2.49. The molecule has 0 saturated carbocycles. The van der Waals surface area contributed by atoms with Gasteiger partial charge >= 0.3 is 0 Å². The van der Waals surface area contributed by atoms with Crippen molar-refractivity contribution < 1.29 is 4.84 Å². The number of nitrogens with zero attached hydrogens (tertiary/aromatic N) is 4. The normalized spacial score (nSPS) is 14.4. The Labute approximate surface area is 185 Å². The Morgan fingerprint density at radius 1 is 1.00 bits per heavy atom. The summed E-state index contributed by atoms with van der Waals surface area (Å²) in [6.07, 6.45) is 6.57. The number of benzene rings is 1. The molecule has 6 heteroatoms. The summed E-state index contributed by atoms with van der Waals surface area (Å²) in [4.78, 5) is 20.7. The van der Waals surface area contributed by atoms with Gasteiger partial charge in [0.25, 0.3) is 0 Å². The van der Waals surface area contributed by atoms with Gasteiger partial charge in [0.05, 0.1) is 22.0 Å². The molecule has 0 N–H and O–H groups in total. The molecular weight excluding hydrogens is 404 g/mol. The van der Waals surface area contributed by atoms with E-state index < -0.39 is 0 Å². The maximum absolute atomic E-state index is 5.68. The molecule has 1 aromatic carbocycles. The van der Waals surface area contributed by atoms with E-state index in [0.717, 1.165) is 63.1 Å². The predicted octanol–water partition coefficient (Wildman–Crippen LogP) is 5.83. The van der Waals surface area contributed by atoms with Crippen molar-refractivity contribution in [3.8, 4) is 21.1 Å². The zero-order valence-electron chi connectivity index (χ0n) is 17.3. The topological polar surface area (TPSA) is 60.3 Å². The molecule has 0 spiro atoms. The van der Waals surface area contributed by atoms with E-state index in [1.807, 2.05) is 55.6 Å². The molecule has 0 fully saturated rings. The Morgan fingerprint density at radius 3 is 2.74 bits per heavy atom. The van der Waals surface area contributed by atoms with Crippen LogP contribution in [0.4, 0.5) is 0 Å². The Kier molecular flexibility index (Phi) is 5.54. The van der Waals surface area contributed by atoms with Crippen LogP contribution in [0.2, 0.25) is 0 Å². The minimum atomic E-state index is 0.460. The van der Waals surface area contributed by atoms with Gasteiger partial charge in [-0.15, -0.1) is 11.3 Å². The maximum Gasteiger partial charge on any atom is 0.142 e. The average Bonchev–Trinajstić information content (AvgIpc) is 3.22. The van der Waals surface area contributed by atoms with E-state index in [-0.39, 0.29) is 0 Å². The van der Waals surface area contributed by atoms with E-state index in [1.165, 1.54) is 5.56 Å². The third-order valence-electron chi connectivity index (χ3n) is 5.30.